The SMILES string of the molecule is CCCC/C=C(\Cl)CC(=O)[O-].[Na+]. The molecule has 0 radical (unpaired) electrons. The third-order valence-electron chi connectivity index (χ3n) is 1.24. The Balaban J connectivity index is 0. The summed E-state index contributed by atoms with van der Waals surface area (Å²) in [7, 11) is 0. The minimum atomic E-state index is -1.12. The van der Waals surface area contributed by atoms with Crippen LogP contribution in [0.25, 0.3) is 0 Å². The standard InChI is InChI=1S/C8H13ClO2.Na/c1-2-3-4-5-7(9)6-8(10)11;/h5H,2-4,6H2,1H3,(H,10,11);/q;+1/p-1/b7-5-;. The van der Waals surface area contributed by atoms with Crippen LogP contribution in [0.15, 0.2) is 11.1 Å². The quantitative estimate of drug-likeness (QED) is 0.396. The van der Waals surface area contributed by atoms with Gasteiger partial charge in [0.1, 0.15) is 0 Å². The summed E-state index contributed by atoms with van der Waals surface area (Å²) in [5.74, 6) is -1.12. The predicted molar refractivity (Wildman–Crippen MR) is 43.1 cm³/mol. The maximum Gasteiger partial charge on any atom is 1.00 e. The zero-order valence-corrected chi connectivity index (χ0v) is 10.4. The second kappa shape index (κ2) is 9.59. The van der Waals surface area contributed by atoms with E-state index < -0.39 is 5.97 Å². The van der Waals surface area contributed by atoms with Crippen molar-refractivity contribution in [2.45, 2.75) is 32.6 Å². The van der Waals surface area contributed by atoms with Crippen molar-refractivity contribution >= 4 is 17.6 Å². The van der Waals surface area contributed by atoms with Crippen molar-refractivity contribution in [2.24, 2.45) is 0 Å². The first-order valence-corrected chi connectivity index (χ1v) is 4.09. The van der Waals surface area contributed by atoms with E-state index in [1.165, 1.54) is 0 Å². The Morgan fingerprint density at radius 3 is 2.58 bits per heavy atom. The molecule has 0 saturated heterocycles. The predicted octanol–water partition coefficient (Wildman–Crippen LogP) is -1.56. The van der Waals surface area contributed by atoms with Gasteiger partial charge in [-0.2, -0.15) is 0 Å². The van der Waals surface area contributed by atoms with E-state index in [1.54, 1.807) is 6.08 Å². The number of rotatable bonds is 5. The molecule has 0 aromatic heterocycles. The van der Waals surface area contributed by atoms with E-state index in [1.807, 2.05) is 0 Å². The number of unbranched alkanes of at least 4 members (excludes halogenated alkanes) is 2. The third-order valence-corrected chi connectivity index (χ3v) is 1.52. The maximum absolute atomic E-state index is 10.0. The van der Waals surface area contributed by atoms with Crippen LogP contribution in [0.1, 0.15) is 32.6 Å². The van der Waals surface area contributed by atoms with E-state index in [0.29, 0.717) is 5.03 Å². The molecule has 0 aliphatic carbocycles. The maximum atomic E-state index is 10.0. The van der Waals surface area contributed by atoms with Crippen molar-refractivity contribution in [3.8, 4) is 0 Å². The molecule has 12 heavy (non-hydrogen) atoms. The summed E-state index contributed by atoms with van der Waals surface area (Å²) < 4.78 is 0. The Kier molecular flexibility index (Phi) is 12.0. The van der Waals surface area contributed by atoms with Crippen molar-refractivity contribution in [3.63, 3.8) is 0 Å². The van der Waals surface area contributed by atoms with Gasteiger partial charge in [-0.15, -0.1) is 0 Å². The second-order valence-electron chi connectivity index (χ2n) is 2.34. The number of aliphatic carboxylic acids is 1. The van der Waals surface area contributed by atoms with Gasteiger partial charge in [0.2, 0.25) is 0 Å². The molecule has 0 aliphatic heterocycles. The molecule has 4 heteroatoms. The first-order chi connectivity index (χ1) is 5.16. The molecule has 0 atom stereocenters. The molecule has 64 valence electrons. The summed E-state index contributed by atoms with van der Waals surface area (Å²) in [6.45, 7) is 2.07. The van der Waals surface area contributed by atoms with Crippen LogP contribution in [0, 0.1) is 0 Å². The molecule has 0 aromatic rings. The van der Waals surface area contributed by atoms with Gasteiger partial charge in [0.25, 0.3) is 0 Å². The van der Waals surface area contributed by atoms with Gasteiger partial charge in [-0.3, -0.25) is 0 Å². The number of hydrogen-bond acceptors (Lipinski definition) is 2. The first kappa shape index (κ1) is 15.0. The Morgan fingerprint density at radius 2 is 2.17 bits per heavy atom. The molecule has 0 heterocycles. The fraction of sp³-hybridized carbons (Fsp3) is 0.625. The normalized spacial score (nSPS) is 10.7. The minimum absolute atomic E-state index is 0. The zero-order chi connectivity index (χ0) is 8.69. The number of carboxylic acids is 1. The molecule has 0 unspecified atom stereocenters. The molecule has 0 aliphatic rings. The molecule has 0 N–H and O–H groups in total. The van der Waals surface area contributed by atoms with Crippen molar-refractivity contribution in [2.75, 3.05) is 0 Å². The molecule has 0 bridgehead atoms. The number of carboxylic acid groups (broad SMARTS) is 1. The average molecular weight is 199 g/mol. The summed E-state index contributed by atoms with van der Waals surface area (Å²) >= 11 is 5.55. The summed E-state index contributed by atoms with van der Waals surface area (Å²) in [6, 6.07) is 0. The van der Waals surface area contributed by atoms with Crippen LogP contribution >= 0.6 is 11.6 Å². The largest absolute Gasteiger partial charge is 1.00 e. The van der Waals surface area contributed by atoms with Crippen molar-refractivity contribution in [1.29, 1.82) is 0 Å². The fourth-order valence-electron chi connectivity index (χ4n) is 0.673. The Labute approximate surface area is 100 Å². The topological polar surface area (TPSA) is 40.1 Å². The Hall–Kier alpha value is 0.500. The molecule has 0 saturated carbocycles. The number of allylic oxidation sites excluding steroid dienone is 1. The van der Waals surface area contributed by atoms with Gasteiger partial charge >= 0.3 is 29.6 Å². The van der Waals surface area contributed by atoms with Crippen molar-refractivity contribution in [1.82, 2.24) is 0 Å². The molecule has 0 aromatic carbocycles. The second-order valence-corrected chi connectivity index (χ2v) is 2.83. The van der Waals surface area contributed by atoms with Gasteiger partial charge in [-0.1, -0.05) is 37.4 Å². The molecule has 0 spiro atoms. The molecule has 0 fully saturated rings. The fourth-order valence-corrected chi connectivity index (χ4v) is 0.891. The van der Waals surface area contributed by atoms with Gasteiger partial charge in [0.05, 0.1) is 0 Å². The van der Waals surface area contributed by atoms with E-state index in [4.69, 9.17) is 11.6 Å². The van der Waals surface area contributed by atoms with Crippen molar-refractivity contribution in [3.05, 3.63) is 11.1 Å². The molecule has 0 amide bonds. The van der Waals surface area contributed by atoms with Crippen LogP contribution in [-0.2, 0) is 4.79 Å². The van der Waals surface area contributed by atoms with Crippen LogP contribution in [0.4, 0.5) is 0 Å². The van der Waals surface area contributed by atoms with Crippen LogP contribution < -0.4 is 34.7 Å². The number of carbonyl (C=O) groups is 1. The molecular weight excluding hydrogens is 187 g/mol. The molecule has 2 nitrogen and oxygen atoms in total. The van der Waals surface area contributed by atoms with E-state index in [9.17, 15) is 9.90 Å². The average Bonchev–Trinajstić information content (AvgIpc) is 1.86. The van der Waals surface area contributed by atoms with Gasteiger partial charge in [0.15, 0.2) is 0 Å². The smallest absolute Gasteiger partial charge is 0.550 e. The van der Waals surface area contributed by atoms with Crippen molar-refractivity contribution < 1.29 is 39.5 Å². The summed E-state index contributed by atoms with van der Waals surface area (Å²) in [6.07, 6.45) is 4.56. The van der Waals surface area contributed by atoms with Crippen LogP contribution in [0.3, 0.4) is 0 Å². The van der Waals surface area contributed by atoms with E-state index in [0.717, 1.165) is 19.3 Å². The van der Waals surface area contributed by atoms with Gasteiger partial charge in [-0.05, 0) is 6.42 Å². The summed E-state index contributed by atoms with van der Waals surface area (Å²) in [5.41, 5.74) is 0. The van der Waals surface area contributed by atoms with E-state index in [2.05, 4.69) is 6.92 Å². The number of carbonyl (C=O) groups excluding carboxylic acids is 1. The summed E-state index contributed by atoms with van der Waals surface area (Å²) in [5, 5.41) is 10.4. The third kappa shape index (κ3) is 10.5. The Morgan fingerprint density at radius 1 is 1.58 bits per heavy atom. The van der Waals surface area contributed by atoms with Gasteiger partial charge in [0, 0.05) is 17.4 Å². The first-order valence-electron chi connectivity index (χ1n) is 3.71. The number of hydrogen-bond donors (Lipinski definition) is 0. The van der Waals surface area contributed by atoms with Gasteiger partial charge in [-0.25, -0.2) is 0 Å². The van der Waals surface area contributed by atoms with E-state index in [-0.39, 0.29) is 36.0 Å². The molecular formula is C8H12ClNaO2. The molecule has 0 rings (SSSR count). The minimum Gasteiger partial charge on any atom is -0.550 e. The summed E-state index contributed by atoms with van der Waals surface area (Å²) in [4.78, 5) is 10.0. The van der Waals surface area contributed by atoms with E-state index >= 15 is 0 Å². The van der Waals surface area contributed by atoms with Gasteiger partial charge < -0.3 is 9.90 Å². The van der Waals surface area contributed by atoms with Crippen LogP contribution in [0.2, 0.25) is 0 Å². The van der Waals surface area contributed by atoms with Crippen LogP contribution in [-0.4, -0.2) is 5.97 Å². The van der Waals surface area contributed by atoms with Crippen LogP contribution in [0.5, 0.6) is 0 Å². The zero-order valence-electron chi connectivity index (χ0n) is 7.60. The monoisotopic (exact) mass is 198 g/mol. The number of halogens is 1. The Bertz CT molecular complexity index is 157.